The molecule has 1 aromatic rings. The van der Waals surface area contributed by atoms with Crippen LogP contribution in [-0.2, 0) is 4.79 Å². The van der Waals surface area contributed by atoms with E-state index in [0.29, 0.717) is 17.2 Å². The number of hydrogen-bond donors (Lipinski definition) is 0. The quantitative estimate of drug-likeness (QED) is 0.597. The van der Waals surface area contributed by atoms with Crippen molar-refractivity contribution < 1.29 is 19.0 Å². The Bertz CT molecular complexity index is 390. The summed E-state index contributed by atoms with van der Waals surface area (Å²) >= 11 is 0. The van der Waals surface area contributed by atoms with E-state index >= 15 is 0 Å². The van der Waals surface area contributed by atoms with Crippen LogP contribution >= 0.6 is 0 Å². The maximum absolute atomic E-state index is 12.0. The van der Waals surface area contributed by atoms with Gasteiger partial charge in [-0.1, -0.05) is 26.8 Å². The first kappa shape index (κ1) is 14.4. The van der Waals surface area contributed by atoms with Gasteiger partial charge in [0.15, 0.2) is 11.5 Å². The summed E-state index contributed by atoms with van der Waals surface area (Å²) in [6, 6.07) is 5.23. The van der Waals surface area contributed by atoms with Crippen LogP contribution in [-0.4, -0.2) is 20.2 Å². The van der Waals surface area contributed by atoms with Crippen LogP contribution in [0.1, 0.15) is 20.8 Å². The van der Waals surface area contributed by atoms with Gasteiger partial charge in [-0.15, -0.1) is 0 Å². The third-order valence-corrected chi connectivity index (χ3v) is 2.96. The maximum Gasteiger partial charge on any atom is 0.314 e. The zero-order chi connectivity index (χ0) is 13.7. The van der Waals surface area contributed by atoms with Crippen molar-refractivity contribution in [2.75, 3.05) is 14.2 Å². The van der Waals surface area contributed by atoms with Crippen molar-refractivity contribution in [3.63, 3.8) is 0 Å². The normalized spacial score (nSPS) is 12.1. The van der Waals surface area contributed by atoms with E-state index in [2.05, 4.69) is 0 Å². The van der Waals surface area contributed by atoms with Gasteiger partial charge in [-0.3, -0.25) is 4.79 Å². The summed E-state index contributed by atoms with van der Waals surface area (Å²) in [6.45, 7) is 5.80. The summed E-state index contributed by atoms with van der Waals surface area (Å²) < 4.78 is 15.7. The summed E-state index contributed by atoms with van der Waals surface area (Å²) in [6.07, 6.45) is 0. The average Bonchev–Trinajstić information content (AvgIpc) is 2.37. The van der Waals surface area contributed by atoms with Crippen LogP contribution in [0.3, 0.4) is 0 Å². The maximum atomic E-state index is 12.0. The predicted molar refractivity (Wildman–Crippen MR) is 69.2 cm³/mol. The fraction of sp³-hybridized carbons (Fsp3) is 0.500. The molecule has 1 rings (SSSR count). The van der Waals surface area contributed by atoms with Crippen LogP contribution in [0.25, 0.3) is 0 Å². The van der Waals surface area contributed by atoms with Crippen molar-refractivity contribution in [1.29, 1.82) is 0 Å². The van der Waals surface area contributed by atoms with Gasteiger partial charge in [-0.25, -0.2) is 0 Å². The molecule has 18 heavy (non-hydrogen) atoms. The first-order valence-corrected chi connectivity index (χ1v) is 5.94. The highest BCUT2D eigenvalue weighted by Crippen LogP contribution is 2.37. The van der Waals surface area contributed by atoms with E-state index in [1.165, 1.54) is 14.2 Å². The molecule has 0 aliphatic heterocycles. The molecule has 4 nitrogen and oxygen atoms in total. The monoisotopic (exact) mass is 252 g/mol. The number of esters is 1. The number of para-hydroxylation sites is 1. The molecule has 1 aromatic carbocycles. The van der Waals surface area contributed by atoms with Gasteiger partial charge in [0.25, 0.3) is 0 Å². The van der Waals surface area contributed by atoms with Crippen LogP contribution < -0.4 is 14.2 Å². The van der Waals surface area contributed by atoms with Gasteiger partial charge >= 0.3 is 5.97 Å². The molecule has 0 aliphatic rings. The van der Waals surface area contributed by atoms with Gasteiger partial charge in [0, 0.05) is 0 Å². The first-order valence-electron chi connectivity index (χ1n) is 5.94. The average molecular weight is 252 g/mol. The summed E-state index contributed by atoms with van der Waals surface area (Å²) in [5.41, 5.74) is 0. The summed E-state index contributed by atoms with van der Waals surface area (Å²) in [7, 11) is 3.05. The van der Waals surface area contributed by atoms with Gasteiger partial charge in [-0.05, 0) is 18.1 Å². The van der Waals surface area contributed by atoms with Crippen LogP contribution in [0, 0.1) is 11.8 Å². The van der Waals surface area contributed by atoms with Crippen molar-refractivity contribution in [3.05, 3.63) is 18.2 Å². The minimum atomic E-state index is -0.284. The molecule has 0 spiro atoms. The Hall–Kier alpha value is -1.71. The van der Waals surface area contributed by atoms with Crippen LogP contribution in [0.2, 0.25) is 0 Å². The van der Waals surface area contributed by atoms with E-state index in [-0.39, 0.29) is 17.8 Å². The molecule has 4 heteroatoms. The Morgan fingerprint density at radius 1 is 1.06 bits per heavy atom. The Kier molecular flexibility index (Phi) is 5.01. The van der Waals surface area contributed by atoms with E-state index in [1.54, 1.807) is 18.2 Å². The Labute approximate surface area is 108 Å². The predicted octanol–water partition coefficient (Wildman–Crippen LogP) is 2.90. The second-order valence-corrected chi connectivity index (χ2v) is 4.45. The number of rotatable bonds is 5. The molecule has 0 heterocycles. The standard InChI is InChI=1S/C14H20O4/c1-9(2)10(3)14(15)18-13-11(16-4)7-6-8-12(13)17-5/h6-10H,1-5H3. The highest BCUT2D eigenvalue weighted by atomic mass is 16.6. The Morgan fingerprint density at radius 2 is 1.56 bits per heavy atom. The lowest BCUT2D eigenvalue weighted by Gasteiger charge is -2.17. The molecule has 0 aromatic heterocycles. The van der Waals surface area contributed by atoms with Crippen molar-refractivity contribution in [1.82, 2.24) is 0 Å². The molecule has 0 bridgehead atoms. The van der Waals surface area contributed by atoms with Crippen LogP contribution in [0.15, 0.2) is 18.2 Å². The summed E-state index contributed by atoms with van der Waals surface area (Å²) in [4.78, 5) is 12.0. The smallest absolute Gasteiger partial charge is 0.314 e. The van der Waals surface area contributed by atoms with Gasteiger partial charge in [0.05, 0.1) is 20.1 Å². The molecule has 1 unspecified atom stereocenters. The third kappa shape index (κ3) is 3.15. The van der Waals surface area contributed by atoms with E-state index in [9.17, 15) is 4.79 Å². The minimum absolute atomic E-state index is 0.181. The van der Waals surface area contributed by atoms with Gasteiger partial charge < -0.3 is 14.2 Å². The number of carbonyl (C=O) groups is 1. The fourth-order valence-electron chi connectivity index (χ4n) is 1.38. The summed E-state index contributed by atoms with van der Waals surface area (Å²) in [5.74, 6) is 1.06. The zero-order valence-electron chi connectivity index (χ0n) is 11.5. The van der Waals surface area contributed by atoms with Crippen LogP contribution in [0.4, 0.5) is 0 Å². The summed E-state index contributed by atoms with van der Waals surface area (Å²) in [5, 5.41) is 0. The molecule has 0 radical (unpaired) electrons. The van der Waals surface area contributed by atoms with Crippen molar-refractivity contribution >= 4 is 5.97 Å². The fourth-order valence-corrected chi connectivity index (χ4v) is 1.38. The van der Waals surface area contributed by atoms with Crippen LogP contribution in [0.5, 0.6) is 17.2 Å². The molecule has 0 fully saturated rings. The van der Waals surface area contributed by atoms with E-state index in [4.69, 9.17) is 14.2 Å². The van der Waals surface area contributed by atoms with Crippen molar-refractivity contribution in [3.8, 4) is 17.2 Å². The second kappa shape index (κ2) is 6.28. The van der Waals surface area contributed by atoms with Crippen molar-refractivity contribution in [2.24, 2.45) is 11.8 Å². The molecule has 100 valence electrons. The number of hydrogen-bond acceptors (Lipinski definition) is 4. The molecule has 0 aliphatic carbocycles. The van der Waals surface area contributed by atoms with Crippen molar-refractivity contribution in [2.45, 2.75) is 20.8 Å². The molecular weight excluding hydrogens is 232 g/mol. The third-order valence-electron chi connectivity index (χ3n) is 2.96. The number of ether oxygens (including phenoxy) is 3. The SMILES string of the molecule is COc1cccc(OC)c1OC(=O)C(C)C(C)C. The van der Waals surface area contributed by atoms with E-state index < -0.39 is 0 Å². The molecular formula is C14H20O4. The van der Waals surface area contributed by atoms with E-state index in [0.717, 1.165) is 0 Å². The minimum Gasteiger partial charge on any atom is -0.493 e. The molecule has 1 atom stereocenters. The lowest BCUT2D eigenvalue weighted by Crippen LogP contribution is -2.22. The Balaban J connectivity index is 2.99. The van der Waals surface area contributed by atoms with Gasteiger partial charge in [-0.2, -0.15) is 0 Å². The lowest BCUT2D eigenvalue weighted by atomic mass is 9.98. The largest absolute Gasteiger partial charge is 0.493 e. The molecule has 0 amide bonds. The lowest BCUT2D eigenvalue weighted by molar-refractivity contribution is -0.139. The second-order valence-electron chi connectivity index (χ2n) is 4.45. The molecule has 0 saturated heterocycles. The number of methoxy groups -OCH3 is 2. The van der Waals surface area contributed by atoms with Gasteiger partial charge in [0.1, 0.15) is 0 Å². The highest BCUT2D eigenvalue weighted by molar-refractivity contribution is 5.76. The van der Waals surface area contributed by atoms with Gasteiger partial charge in [0.2, 0.25) is 5.75 Å². The first-order chi connectivity index (χ1) is 8.51. The Morgan fingerprint density at radius 3 is 1.94 bits per heavy atom. The molecule has 0 saturated carbocycles. The topological polar surface area (TPSA) is 44.8 Å². The number of carbonyl (C=O) groups excluding carboxylic acids is 1. The zero-order valence-corrected chi connectivity index (χ0v) is 11.5. The number of benzene rings is 1. The van der Waals surface area contributed by atoms with E-state index in [1.807, 2.05) is 20.8 Å². The molecule has 0 N–H and O–H groups in total. The highest BCUT2D eigenvalue weighted by Gasteiger charge is 2.22.